The first-order valence-corrected chi connectivity index (χ1v) is 3.75. The van der Waals surface area contributed by atoms with Crippen LogP contribution in [-0.2, 0) is 11.2 Å². The van der Waals surface area contributed by atoms with Crippen molar-refractivity contribution in [2.24, 2.45) is 0 Å². The van der Waals surface area contributed by atoms with Gasteiger partial charge in [-0.1, -0.05) is 18.2 Å². The SMILES string of the molecule is Cl.O=C1Cc2ccccc2N1[N+](=O)[O-]. The van der Waals surface area contributed by atoms with Crippen molar-refractivity contribution in [3.63, 3.8) is 0 Å². The van der Waals surface area contributed by atoms with Gasteiger partial charge in [0, 0.05) is 0 Å². The summed E-state index contributed by atoms with van der Waals surface area (Å²) in [7, 11) is 0. The number of anilines is 1. The number of halogens is 1. The number of hydrogen-bond donors (Lipinski definition) is 0. The van der Waals surface area contributed by atoms with Crippen LogP contribution in [0.5, 0.6) is 0 Å². The number of amides is 1. The molecule has 0 aliphatic carbocycles. The zero-order valence-corrected chi connectivity index (χ0v) is 7.86. The Morgan fingerprint density at radius 2 is 2.00 bits per heavy atom. The van der Waals surface area contributed by atoms with Crippen LogP contribution in [0, 0.1) is 10.1 Å². The number of fused-ring (bicyclic) bond motifs is 1. The summed E-state index contributed by atoms with van der Waals surface area (Å²) < 4.78 is 0. The van der Waals surface area contributed by atoms with Gasteiger partial charge in [-0.25, -0.2) is 10.1 Å². The van der Waals surface area contributed by atoms with Crippen molar-refractivity contribution in [2.45, 2.75) is 6.42 Å². The average molecular weight is 215 g/mol. The van der Waals surface area contributed by atoms with Crippen molar-refractivity contribution in [1.29, 1.82) is 0 Å². The van der Waals surface area contributed by atoms with Crippen LogP contribution in [0.3, 0.4) is 0 Å². The Hall–Kier alpha value is -1.62. The van der Waals surface area contributed by atoms with Crippen LogP contribution in [0.2, 0.25) is 0 Å². The normalized spacial score (nSPS) is 13.4. The molecule has 5 nitrogen and oxygen atoms in total. The molecule has 0 radical (unpaired) electrons. The molecule has 1 aromatic rings. The van der Waals surface area contributed by atoms with Gasteiger partial charge in [0.1, 0.15) is 5.69 Å². The topological polar surface area (TPSA) is 63.5 Å². The number of hydrazine groups is 1. The first kappa shape index (κ1) is 10.5. The lowest BCUT2D eigenvalue weighted by Crippen LogP contribution is -2.32. The number of rotatable bonds is 1. The van der Waals surface area contributed by atoms with Crippen LogP contribution in [0.25, 0.3) is 0 Å². The lowest BCUT2D eigenvalue weighted by atomic mass is 10.2. The zero-order chi connectivity index (χ0) is 9.42. The van der Waals surface area contributed by atoms with E-state index < -0.39 is 10.9 Å². The third-order valence-electron chi connectivity index (χ3n) is 1.96. The molecule has 0 fully saturated rings. The highest BCUT2D eigenvalue weighted by Crippen LogP contribution is 2.27. The minimum atomic E-state index is -0.686. The van der Waals surface area contributed by atoms with E-state index >= 15 is 0 Å². The smallest absolute Gasteiger partial charge is 0.268 e. The largest absolute Gasteiger partial charge is 0.293 e. The zero-order valence-electron chi connectivity index (χ0n) is 7.04. The van der Waals surface area contributed by atoms with E-state index in [0.29, 0.717) is 16.3 Å². The molecule has 1 aliphatic heterocycles. The van der Waals surface area contributed by atoms with Crippen molar-refractivity contribution < 1.29 is 9.83 Å². The first-order chi connectivity index (χ1) is 6.20. The monoisotopic (exact) mass is 214 g/mol. The number of benzene rings is 1. The van der Waals surface area contributed by atoms with Gasteiger partial charge in [0.25, 0.3) is 5.91 Å². The third-order valence-corrected chi connectivity index (χ3v) is 1.96. The molecule has 0 aromatic heterocycles. The molecule has 0 spiro atoms. The maximum atomic E-state index is 11.2. The van der Waals surface area contributed by atoms with Gasteiger partial charge in [0.15, 0.2) is 5.03 Å². The molecule has 0 atom stereocenters. The Labute approximate surface area is 85.9 Å². The molecule has 14 heavy (non-hydrogen) atoms. The second-order valence-electron chi connectivity index (χ2n) is 2.75. The molecule has 0 N–H and O–H groups in total. The maximum Gasteiger partial charge on any atom is 0.293 e. The molecule has 1 aromatic carbocycles. The molecular formula is C8H7ClN2O3. The number of nitrogens with zero attached hydrogens (tertiary/aromatic N) is 2. The highest BCUT2D eigenvalue weighted by Gasteiger charge is 2.35. The van der Waals surface area contributed by atoms with E-state index in [4.69, 9.17) is 0 Å². The van der Waals surface area contributed by atoms with E-state index in [-0.39, 0.29) is 18.8 Å². The Balaban J connectivity index is 0.000000980. The molecular weight excluding hydrogens is 208 g/mol. The molecule has 6 heteroatoms. The summed E-state index contributed by atoms with van der Waals surface area (Å²) in [5.74, 6) is -0.480. The van der Waals surface area contributed by atoms with Gasteiger partial charge < -0.3 is 0 Å². The van der Waals surface area contributed by atoms with Crippen LogP contribution in [0.15, 0.2) is 24.3 Å². The highest BCUT2D eigenvalue weighted by molar-refractivity contribution is 5.99. The summed E-state index contributed by atoms with van der Waals surface area (Å²) in [5, 5.41) is 10.4. The molecule has 0 bridgehead atoms. The second kappa shape index (κ2) is 3.63. The van der Waals surface area contributed by atoms with Crippen LogP contribution in [-0.4, -0.2) is 10.9 Å². The van der Waals surface area contributed by atoms with Crippen molar-refractivity contribution in [3.05, 3.63) is 39.9 Å². The van der Waals surface area contributed by atoms with Crippen molar-refractivity contribution >= 4 is 24.0 Å². The van der Waals surface area contributed by atoms with Gasteiger partial charge in [-0.3, -0.25) is 4.79 Å². The minimum Gasteiger partial charge on any atom is -0.268 e. The molecule has 1 amide bonds. The second-order valence-corrected chi connectivity index (χ2v) is 2.75. The van der Waals surface area contributed by atoms with Crippen molar-refractivity contribution in [3.8, 4) is 0 Å². The Kier molecular flexibility index (Phi) is 2.71. The predicted molar refractivity (Wildman–Crippen MR) is 51.9 cm³/mol. The summed E-state index contributed by atoms with van der Waals surface area (Å²) in [5.41, 5.74) is 1.10. The third kappa shape index (κ3) is 1.42. The summed E-state index contributed by atoms with van der Waals surface area (Å²) in [6.45, 7) is 0. The van der Waals surface area contributed by atoms with Gasteiger partial charge in [-0.2, -0.15) is 0 Å². The van der Waals surface area contributed by atoms with E-state index in [2.05, 4.69) is 0 Å². The summed E-state index contributed by atoms with van der Waals surface area (Å²) in [4.78, 5) is 21.6. The van der Waals surface area contributed by atoms with E-state index in [9.17, 15) is 14.9 Å². The van der Waals surface area contributed by atoms with Crippen LogP contribution >= 0.6 is 12.4 Å². The molecule has 1 aliphatic rings. The first-order valence-electron chi connectivity index (χ1n) is 3.75. The Morgan fingerprint density at radius 3 is 2.64 bits per heavy atom. The molecule has 74 valence electrons. The maximum absolute atomic E-state index is 11.2. The van der Waals surface area contributed by atoms with Gasteiger partial charge in [-0.05, 0) is 16.6 Å². The molecule has 2 rings (SSSR count). The summed E-state index contributed by atoms with van der Waals surface area (Å²) >= 11 is 0. The van der Waals surface area contributed by atoms with E-state index in [1.807, 2.05) is 0 Å². The molecule has 0 unspecified atom stereocenters. The number of carbonyl (C=O) groups is 1. The fourth-order valence-corrected chi connectivity index (χ4v) is 1.42. The molecule has 0 saturated heterocycles. The van der Waals surface area contributed by atoms with Crippen molar-refractivity contribution in [1.82, 2.24) is 0 Å². The molecule has 0 saturated carbocycles. The highest BCUT2D eigenvalue weighted by atomic mass is 35.5. The van der Waals surface area contributed by atoms with Crippen LogP contribution < -0.4 is 5.01 Å². The summed E-state index contributed by atoms with van der Waals surface area (Å²) in [6.07, 6.45) is 0.122. The van der Waals surface area contributed by atoms with Crippen LogP contribution in [0.1, 0.15) is 5.56 Å². The van der Waals surface area contributed by atoms with Gasteiger partial charge in [-0.15, -0.1) is 12.4 Å². The average Bonchev–Trinajstić information content (AvgIpc) is 2.39. The lowest BCUT2D eigenvalue weighted by Gasteiger charge is -2.03. The summed E-state index contributed by atoms with van der Waals surface area (Å²) in [6, 6.07) is 6.73. The lowest BCUT2D eigenvalue weighted by molar-refractivity contribution is -0.483. The minimum absolute atomic E-state index is 0. The van der Waals surface area contributed by atoms with Crippen LogP contribution in [0.4, 0.5) is 5.69 Å². The quantitative estimate of drug-likeness (QED) is 0.521. The van der Waals surface area contributed by atoms with Crippen molar-refractivity contribution in [2.75, 3.05) is 5.01 Å². The van der Waals surface area contributed by atoms with Gasteiger partial charge >= 0.3 is 0 Å². The van der Waals surface area contributed by atoms with E-state index in [1.165, 1.54) is 0 Å². The standard InChI is InChI=1S/C8H6N2O3.ClH/c11-8-5-6-3-1-2-4-7(6)9(8)10(12)13;/h1-4H,5H2;1H. The Morgan fingerprint density at radius 1 is 1.36 bits per heavy atom. The van der Waals surface area contributed by atoms with E-state index in [0.717, 1.165) is 0 Å². The number of nitro groups is 1. The van der Waals surface area contributed by atoms with E-state index in [1.54, 1.807) is 24.3 Å². The predicted octanol–water partition coefficient (Wildman–Crippen LogP) is 1.19. The van der Waals surface area contributed by atoms with Gasteiger partial charge in [0.05, 0.1) is 6.42 Å². The number of para-hydroxylation sites is 1. The number of carbonyl (C=O) groups excluding carboxylic acids is 1. The Bertz CT molecular complexity index is 394. The molecule has 1 heterocycles. The fourth-order valence-electron chi connectivity index (χ4n) is 1.42. The fraction of sp³-hybridized carbons (Fsp3) is 0.125. The number of hydrogen-bond acceptors (Lipinski definition) is 3. The van der Waals surface area contributed by atoms with Gasteiger partial charge in [0.2, 0.25) is 0 Å².